The molecule has 14 heavy (non-hydrogen) atoms. The van der Waals surface area contributed by atoms with E-state index in [9.17, 15) is 14.8 Å². The van der Waals surface area contributed by atoms with Crippen molar-refractivity contribution in [1.29, 1.82) is 0 Å². The van der Waals surface area contributed by atoms with Crippen molar-refractivity contribution in [2.24, 2.45) is 5.73 Å². The van der Waals surface area contributed by atoms with Crippen molar-refractivity contribution in [3.8, 4) is 0 Å². The highest BCUT2D eigenvalue weighted by molar-refractivity contribution is 6.00. The highest BCUT2D eigenvalue weighted by Crippen LogP contribution is 2.19. The van der Waals surface area contributed by atoms with Crippen LogP contribution in [0.4, 0.5) is 0 Å². The van der Waals surface area contributed by atoms with E-state index in [-0.39, 0.29) is 18.0 Å². The van der Waals surface area contributed by atoms with Crippen molar-refractivity contribution in [2.75, 3.05) is 6.54 Å². The summed E-state index contributed by atoms with van der Waals surface area (Å²) in [6.07, 6.45) is 0.616. The van der Waals surface area contributed by atoms with E-state index in [4.69, 9.17) is 5.73 Å². The number of carbonyl (C=O) groups excluding carboxylic acids is 2. The Bertz CT molecular complexity index is 393. The third-order valence-electron chi connectivity index (χ3n) is 2.25. The second-order valence-electron chi connectivity index (χ2n) is 3.03. The smallest absolute Gasteiger partial charge is 0.196 e. The number of aldehydes is 1. The largest absolute Gasteiger partial charge is 0.428 e. The number of ketones is 1. The summed E-state index contributed by atoms with van der Waals surface area (Å²) in [6, 6.07) is 0. The van der Waals surface area contributed by atoms with E-state index < -0.39 is 0 Å². The predicted molar refractivity (Wildman–Crippen MR) is 49.9 cm³/mol. The lowest BCUT2D eigenvalue weighted by molar-refractivity contribution is 0.0945. The summed E-state index contributed by atoms with van der Waals surface area (Å²) in [5.41, 5.74) is 6.43. The molecule has 1 rings (SSSR count). The molecule has 1 heterocycles. The molecule has 0 radical (unpaired) electrons. The Hall–Kier alpha value is -1.62. The Morgan fingerprint density at radius 2 is 2.14 bits per heavy atom. The van der Waals surface area contributed by atoms with Gasteiger partial charge in [0.15, 0.2) is 12.1 Å². The molecule has 0 unspecified atom stereocenters. The minimum absolute atomic E-state index is 0.0899. The number of carbonyl (C=O) groups is 2. The van der Waals surface area contributed by atoms with Crippen LogP contribution in [0.2, 0.25) is 0 Å². The molecule has 5 heteroatoms. The molecule has 1 aromatic rings. The molecule has 0 aliphatic carbocycles. The average Bonchev–Trinajstić information content (AvgIpc) is 2.38. The second kappa shape index (κ2) is 3.63. The van der Waals surface area contributed by atoms with E-state index in [0.717, 1.165) is 0 Å². The molecular formula is C9H12N2O3. The van der Waals surface area contributed by atoms with Crippen molar-refractivity contribution < 1.29 is 14.8 Å². The van der Waals surface area contributed by atoms with E-state index in [0.29, 0.717) is 27.8 Å². The molecule has 0 saturated carbocycles. The lowest BCUT2D eigenvalue weighted by Crippen LogP contribution is -2.18. The fraction of sp³-hybridized carbons (Fsp3) is 0.333. The monoisotopic (exact) mass is 196 g/mol. The molecule has 1 aromatic heterocycles. The van der Waals surface area contributed by atoms with Crippen LogP contribution in [-0.4, -0.2) is 28.6 Å². The van der Waals surface area contributed by atoms with Gasteiger partial charge in [-0.3, -0.25) is 9.59 Å². The highest BCUT2D eigenvalue weighted by Gasteiger charge is 2.20. The van der Waals surface area contributed by atoms with Crippen molar-refractivity contribution in [3.05, 3.63) is 22.5 Å². The van der Waals surface area contributed by atoms with Gasteiger partial charge in [0.2, 0.25) is 0 Å². The average molecular weight is 196 g/mol. The van der Waals surface area contributed by atoms with Gasteiger partial charge in [-0.05, 0) is 19.4 Å². The number of aromatic nitrogens is 1. The molecule has 0 aromatic carbocycles. The number of Topliss-reactive ketones (excluding diaryl/α,β-unsaturated/α-hetero) is 1. The summed E-state index contributed by atoms with van der Waals surface area (Å²) in [7, 11) is 0. The summed E-state index contributed by atoms with van der Waals surface area (Å²) >= 11 is 0. The molecule has 0 atom stereocenters. The number of nitrogens with two attached hydrogens (primary N) is 1. The van der Waals surface area contributed by atoms with E-state index >= 15 is 0 Å². The maximum atomic E-state index is 11.3. The number of hydrogen-bond acceptors (Lipinski definition) is 4. The first kappa shape index (κ1) is 10.5. The van der Waals surface area contributed by atoms with Gasteiger partial charge < -0.3 is 10.9 Å². The first-order valence-corrected chi connectivity index (χ1v) is 4.14. The van der Waals surface area contributed by atoms with Crippen molar-refractivity contribution in [1.82, 2.24) is 4.73 Å². The van der Waals surface area contributed by atoms with Gasteiger partial charge in [-0.1, -0.05) is 0 Å². The zero-order chi connectivity index (χ0) is 10.9. The minimum Gasteiger partial charge on any atom is -0.428 e. The molecule has 76 valence electrons. The van der Waals surface area contributed by atoms with Crippen LogP contribution in [0.5, 0.6) is 0 Å². The summed E-state index contributed by atoms with van der Waals surface area (Å²) in [5.74, 6) is -0.388. The van der Waals surface area contributed by atoms with Gasteiger partial charge in [0.1, 0.15) is 5.69 Å². The van der Waals surface area contributed by atoms with E-state index in [1.807, 2.05) is 0 Å². The van der Waals surface area contributed by atoms with Crippen LogP contribution >= 0.6 is 0 Å². The highest BCUT2D eigenvalue weighted by atomic mass is 16.5. The SMILES string of the molecule is Cc1c(C=O)c(C)n(O)c1C(=O)CN. The predicted octanol–water partition coefficient (Wildman–Crippen LogP) is 0.296. The van der Waals surface area contributed by atoms with Crippen LogP contribution in [0.25, 0.3) is 0 Å². The maximum Gasteiger partial charge on any atom is 0.196 e. The van der Waals surface area contributed by atoms with E-state index in [2.05, 4.69) is 0 Å². The van der Waals surface area contributed by atoms with Crippen molar-refractivity contribution in [2.45, 2.75) is 13.8 Å². The molecule has 0 fully saturated rings. The quantitative estimate of drug-likeness (QED) is 0.413. The summed E-state index contributed by atoms with van der Waals surface area (Å²) in [5, 5.41) is 9.51. The maximum absolute atomic E-state index is 11.3. The van der Waals surface area contributed by atoms with Gasteiger partial charge in [-0.15, -0.1) is 0 Å². The normalized spacial score (nSPS) is 10.2. The zero-order valence-corrected chi connectivity index (χ0v) is 8.07. The van der Waals surface area contributed by atoms with Gasteiger partial charge in [-0.2, -0.15) is 4.73 Å². The Kier molecular flexibility index (Phi) is 2.71. The Labute approximate surface area is 81.1 Å². The number of hydrogen-bond donors (Lipinski definition) is 2. The molecule has 0 spiro atoms. The lowest BCUT2D eigenvalue weighted by Gasteiger charge is -2.01. The molecule has 3 N–H and O–H groups in total. The molecule has 0 saturated heterocycles. The molecule has 0 amide bonds. The van der Waals surface area contributed by atoms with Crippen LogP contribution in [0.15, 0.2) is 0 Å². The van der Waals surface area contributed by atoms with Gasteiger partial charge >= 0.3 is 0 Å². The Morgan fingerprint density at radius 3 is 2.50 bits per heavy atom. The fourth-order valence-electron chi connectivity index (χ4n) is 1.44. The van der Waals surface area contributed by atoms with E-state index in [1.165, 1.54) is 0 Å². The summed E-state index contributed by atoms with van der Waals surface area (Å²) in [4.78, 5) is 22.0. The van der Waals surface area contributed by atoms with Gasteiger partial charge in [-0.25, -0.2) is 0 Å². The Balaban J connectivity index is 3.45. The summed E-state index contributed by atoms with van der Waals surface area (Å²) < 4.78 is 0.717. The molecule has 5 nitrogen and oxygen atoms in total. The van der Waals surface area contributed by atoms with Gasteiger partial charge in [0, 0.05) is 5.56 Å². The van der Waals surface area contributed by atoms with E-state index in [1.54, 1.807) is 13.8 Å². The zero-order valence-electron chi connectivity index (χ0n) is 8.07. The minimum atomic E-state index is -0.388. The van der Waals surface area contributed by atoms with Crippen LogP contribution in [0.1, 0.15) is 32.1 Å². The summed E-state index contributed by atoms with van der Waals surface area (Å²) in [6.45, 7) is 2.97. The second-order valence-corrected chi connectivity index (χ2v) is 3.03. The van der Waals surface area contributed by atoms with Crippen LogP contribution < -0.4 is 5.73 Å². The number of rotatable bonds is 3. The topological polar surface area (TPSA) is 85.3 Å². The third kappa shape index (κ3) is 1.31. The fourth-order valence-corrected chi connectivity index (χ4v) is 1.44. The van der Waals surface area contributed by atoms with Crippen LogP contribution in [0.3, 0.4) is 0 Å². The molecule has 0 bridgehead atoms. The Morgan fingerprint density at radius 1 is 1.57 bits per heavy atom. The van der Waals surface area contributed by atoms with Gasteiger partial charge in [0.25, 0.3) is 0 Å². The van der Waals surface area contributed by atoms with Crippen molar-refractivity contribution in [3.63, 3.8) is 0 Å². The van der Waals surface area contributed by atoms with Crippen LogP contribution in [0, 0.1) is 13.8 Å². The standard InChI is InChI=1S/C9H12N2O3/c1-5-7(4-12)6(2)11(14)9(5)8(13)3-10/h4,14H,3,10H2,1-2H3. The number of nitrogens with zero attached hydrogens (tertiary/aromatic N) is 1. The van der Waals surface area contributed by atoms with Gasteiger partial charge in [0.05, 0.1) is 12.2 Å². The third-order valence-corrected chi connectivity index (χ3v) is 2.25. The molecule has 0 aliphatic heterocycles. The first-order valence-electron chi connectivity index (χ1n) is 4.14. The lowest BCUT2D eigenvalue weighted by atomic mass is 10.1. The van der Waals surface area contributed by atoms with Crippen molar-refractivity contribution >= 4 is 12.1 Å². The molecule has 0 aliphatic rings. The first-order chi connectivity index (χ1) is 6.54. The van der Waals surface area contributed by atoms with Crippen LogP contribution in [-0.2, 0) is 0 Å². The molecular weight excluding hydrogens is 184 g/mol.